The molecule has 0 spiro atoms. The van der Waals surface area contributed by atoms with Gasteiger partial charge in [0.1, 0.15) is 15.9 Å². The second kappa shape index (κ2) is 8.84. The highest BCUT2D eigenvalue weighted by atomic mass is 32.2. The molecule has 1 aliphatic rings. The largest absolute Gasteiger partial charge is 0.482 e. The molecule has 26 heavy (non-hydrogen) atoms. The van der Waals surface area contributed by atoms with Gasteiger partial charge in [-0.05, 0) is 41.2 Å². The highest BCUT2D eigenvalue weighted by Gasteiger charge is 2.43. The number of hydrogen-bond acceptors (Lipinski definition) is 6. The predicted molar refractivity (Wildman–Crippen MR) is 107 cm³/mol. The molecule has 0 bridgehead atoms. The van der Waals surface area contributed by atoms with Crippen molar-refractivity contribution in [2.45, 2.75) is 16.6 Å². The van der Waals surface area contributed by atoms with Gasteiger partial charge in [0.05, 0.1) is 7.11 Å². The molecule has 4 nitrogen and oxygen atoms in total. The number of thioether (sulfide) groups is 2. The molecular formula is C20H22O4S2. The van der Waals surface area contributed by atoms with Crippen LogP contribution in [0.25, 0.3) is 0 Å². The Balaban J connectivity index is 1.88. The summed E-state index contributed by atoms with van der Waals surface area (Å²) in [4.78, 5) is 11.3. The van der Waals surface area contributed by atoms with Crippen LogP contribution in [-0.2, 0) is 13.6 Å². The first-order chi connectivity index (χ1) is 12.7. The first kappa shape index (κ1) is 19.1. The van der Waals surface area contributed by atoms with Crippen LogP contribution in [0.15, 0.2) is 54.6 Å². The number of hydrogen-bond donors (Lipinski definition) is 1. The van der Waals surface area contributed by atoms with Crippen molar-refractivity contribution in [3.8, 4) is 5.75 Å². The van der Waals surface area contributed by atoms with Gasteiger partial charge >= 0.3 is 5.97 Å². The van der Waals surface area contributed by atoms with E-state index in [1.54, 1.807) is 35.7 Å². The van der Waals surface area contributed by atoms with Crippen LogP contribution in [0.2, 0.25) is 0 Å². The normalized spacial score (nSPS) is 17.3. The lowest BCUT2D eigenvalue weighted by Gasteiger charge is -2.40. The minimum absolute atomic E-state index is 0.149. The van der Waals surface area contributed by atoms with E-state index in [0.29, 0.717) is 5.75 Å². The number of carbonyl (C=O) groups excluding carboxylic acids is 1. The highest BCUT2D eigenvalue weighted by molar-refractivity contribution is 8.18. The van der Waals surface area contributed by atoms with Gasteiger partial charge in [0, 0.05) is 0 Å². The van der Waals surface area contributed by atoms with Crippen molar-refractivity contribution in [2.75, 3.05) is 25.2 Å². The third-order valence-corrected chi connectivity index (χ3v) is 7.68. The van der Waals surface area contributed by atoms with E-state index in [4.69, 9.17) is 4.74 Å². The Labute approximate surface area is 162 Å². The maximum atomic E-state index is 11.3. The molecule has 2 aromatic rings. The lowest BCUT2D eigenvalue weighted by molar-refractivity contribution is -0.142. The number of carbonyl (C=O) groups is 1. The Hall–Kier alpha value is -1.63. The molecule has 1 heterocycles. The van der Waals surface area contributed by atoms with Gasteiger partial charge < -0.3 is 14.6 Å². The van der Waals surface area contributed by atoms with Crippen molar-refractivity contribution < 1.29 is 19.4 Å². The first-order valence-electron chi connectivity index (χ1n) is 8.47. The maximum Gasteiger partial charge on any atom is 0.343 e. The zero-order valence-electron chi connectivity index (χ0n) is 14.6. The van der Waals surface area contributed by atoms with Gasteiger partial charge in [0.15, 0.2) is 6.61 Å². The average Bonchev–Trinajstić information content (AvgIpc) is 2.72. The number of rotatable bonds is 6. The fraction of sp³-hybridized carbons (Fsp3) is 0.350. The molecule has 1 fully saturated rings. The molecule has 0 aromatic heterocycles. The van der Waals surface area contributed by atoms with Gasteiger partial charge in [0.25, 0.3) is 0 Å². The number of aliphatic hydroxyl groups is 1. The minimum Gasteiger partial charge on any atom is -0.482 e. The Morgan fingerprint density at radius 2 is 1.88 bits per heavy atom. The fourth-order valence-electron chi connectivity index (χ4n) is 2.90. The molecule has 0 radical (unpaired) electrons. The van der Waals surface area contributed by atoms with Crippen LogP contribution in [0.5, 0.6) is 5.75 Å². The van der Waals surface area contributed by atoms with E-state index in [1.807, 2.05) is 30.3 Å². The van der Waals surface area contributed by atoms with Crippen LogP contribution in [0.3, 0.4) is 0 Å². The summed E-state index contributed by atoms with van der Waals surface area (Å²) in [6, 6.07) is 17.5. The lowest BCUT2D eigenvalue weighted by Crippen LogP contribution is -2.30. The van der Waals surface area contributed by atoms with Crippen molar-refractivity contribution in [2.24, 2.45) is 0 Å². The quantitative estimate of drug-likeness (QED) is 0.753. The lowest BCUT2D eigenvalue weighted by atomic mass is 10.00. The molecule has 1 atom stereocenters. The van der Waals surface area contributed by atoms with E-state index < -0.39 is 16.2 Å². The molecule has 138 valence electrons. The smallest absolute Gasteiger partial charge is 0.343 e. The highest BCUT2D eigenvalue weighted by Crippen LogP contribution is 2.57. The molecule has 1 saturated heterocycles. The summed E-state index contributed by atoms with van der Waals surface area (Å²) in [5, 5.41) is 11.3. The Bertz CT molecular complexity index is 730. The molecule has 3 rings (SSSR count). The van der Waals surface area contributed by atoms with Crippen molar-refractivity contribution >= 4 is 29.5 Å². The fourth-order valence-corrected chi connectivity index (χ4v) is 6.29. The topological polar surface area (TPSA) is 55.8 Å². The second-order valence-electron chi connectivity index (χ2n) is 5.92. The van der Waals surface area contributed by atoms with Crippen molar-refractivity contribution in [3.63, 3.8) is 0 Å². The second-order valence-corrected chi connectivity index (χ2v) is 8.86. The molecule has 1 aliphatic heterocycles. The number of aliphatic hydroxyl groups excluding tert-OH is 1. The van der Waals surface area contributed by atoms with Crippen molar-refractivity contribution in [3.05, 3.63) is 65.7 Å². The molecule has 6 heteroatoms. The number of ether oxygens (including phenoxy) is 2. The molecule has 0 saturated carbocycles. The van der Waals surface area contributed by atoms with Crippen LogP contribution >= 0.6 is 23.5 Å². The average molecular weight is 391 g/mol. The molecule has 2 aromatic carbocycles. The van der Waals surface area contributed by atoms with Crippen LogP contribution < -0.4 is 4.74 Å². The van der Waals surface area contributed by atoms with Crippen molar-refractivity contribution in [1.29, 1.82) is 0 Å². The number of benzene rings is 2. The van der Waals surface area contributed by atoms with Crippen LogP contribution in [-0.4, -0.2) is 36.3 Å². The van der Waals surface area contributed by atoms with E-state index in [-0.39, 0.29) is 6.61 Å². The third kappa shape index (κ3) is 4.19. The summed E-state index contributed by atoms with van der Waals surface area (Å²) in [6.45, 7) is -0.149. The zero-order valence-corrected chi connectivity index (χ0v) is 16.2. The molecular weight excluding hydrogens is 368 g/mol. The van der Waals surface area contributed by atoms with E-state index >= 15 is 0 Å². The van der Waals surface area contributed by atoms with Gasteiger partial charge in [-0.25, -0.2) is 4.79 Å². The summed E-state index contributed by atoms with van der Waals surface area (Å²) in [7, 11) is 1.33. The Kier molecular flexibility index (Phi) is 6.51. The van der Waals surface area contributed by atoms with E-state index in [1.165, 1.54) is 7.11 Å². The summed E-state index contributed by atoms with van der Waals surface area (Å²) < 4.78 is 9.63. The molecule has 1 unspecified atom stereocenters. The maximum absolute atomic E-state index is 11.3. The standard InChI is InChI=1S/C20H22O4S2/c1-23-18(21)14-24-17-10-5-7-15(13-17)19(22)20(25-11-6-12-26-20)16-8-3-2-4-9-16/h2-5,7-10,13,19,22H,6,11-12,14H2,1H3. The monoisotopic (exact) mass is 390 g/mol. The zero-order chi connectivity index (χ0) is 18.4. The van der Waals surface area contributed by atoms with Crippen molar-refractivity contribution in [1.82, 2.24) is 0 Å². The van der Waals surface area contributed by atoms with E-state index in [2.05, 4.69) is 16.9 Å². The van der Waals surface area contributed by atoms with Gasteiger partial charge in [0.2, 0.25) is 0 Å². The number of esters is 1. The number of methoxy groups -OCH3 is 1. The van der Waals surface area contributed by atoms with Gasteiger partial charge in [-0.2, -0.15) is 0 Å². The summed E-state index contributed by atoms with van der Waals surface area (Å²) in [5.74, 6) is 2.13. The summed E-state index contributed by atoms with van der Waals surface area (Å²) in [5.41, 5.74) is 1.89. The minimum atomic E-state index is -0.693. The molecule has 0 aliphatic carbocycles. The third-order valence-electron chi connectivity index (χ3n) is 4.22. The summed E-state index contributed by atoms with van der Waals surface area (Å²) in [6.07, 6.45) is 0.445. The molecule has 1 N–H and O–H groups in total. The van der Waals surface area contributed by atoms with Gasteiger partial charge in [-0.1, -0.05) is 42.5 Å². The van der Waals surface area contributed by atoms with Crippen LogP contribution in [0, 0.1) is 0 Å². The van der Waals surface area contributed by atoms with E-state index in [0.717, 1.165) is 29.1 Å². The van der Waals surface area contributed by atoms with Gasteiger partial charge in [-0.3, -0.25) is 0 Å². The SMILES string of the molecule is COC(=O)COc1cccc(C(O)C2(c3ccccc3)SCCCS2)c1. The van der Waals surface area contributed by atoms with Crippen LogP contribution in [0.4, 0.5) is 0 Å². The van der Waals surface area contributed by atoms with Crippen LogP contribution in [0.1, 0.15) is 23.7 Å². The predicted octanol–water partition coefficient (Wildman–Crippen LogP) is 3.99. The van der Waals surface area contributed by atoms with E-state index in [9.17, 15) is 9.90 Å². The Morgan fingerprint density at radius 3 is 2.58 bits per heavy atom. The van der Waals surface area contributed by atoms with Gasteiger partial charge in [-0.15, -0.1) is 23.5 Å². The molecule has 0 amide bonds. The Morgan fingerprint density at radius 1 is 1.15 bits per heavy atom. The summed E-state index contributed by atoms with van der Waals surface area (Å²) >= 11 is 3.58. The first-order valence-corrected chi connectivity index (χ1v) is 10.4.